The number of aromatic nitrogens is 2. The Labute approximate surface area is 263 Å². The number of nitrogens with zero attached hydrogens (tertiary/aromatic N) is 4. The van der Waals surface area contributed by atoms with Crippen LogP contribution in [0.25, 0.3) is 0 Å². The van der Waals surface area contributed by atoms with Crippen molar-refractivity contribution in [2.45, 2.75) is 53.1 Å². The summed E-state index contributed by atoms with van der Waals surface area (Å²) in [6.45, 7) is 7.44. The van der Waals surface area contributed by atoms with Crippen LogP contribution in [0.15, 0.2) is 97.5 Å². The van der Waals surface area contributed by atoms with Gasteiger partial charge in [0.1, 0.15) is 36.7 Å². The third-order valence-electron chi connectivity index (χ3n) is 6.54. The van der Waals surface area contributed by atoms with E-state index in [9.17, 15) is 14.4 Å². The lowest BCUT2D eigenvalue weighted by Gasteiger charge is -2.29. The van der Waals surface area contributed by atoms with Gasteiger partial charge in [0.05, 0.1) is 18.4 Å². The average Bonchev–Trinajstić information content (AvgIpc) is 3.04. The minimum absolute atomic E-state index is 0.0640. The summed E-state index contributed by atoms with van der Waals surface area (Å²) in [4.78, 5) is 51.2. The van der Waals surface area contributed by atoms with Crippen molar-refractivity contribution in [3.63, 3.8) is 0 Å². The number of hydrogen-bond donors (Lipinski definition) is 0. The van der Waals surface area contributed by atoms with Crippen LogP contribution in [-0.2, 0) is 34.0 Å². The third kappa shape index (κ3) is 9.89. The van der Waals surface area contributed by atoms with Crippen LogP contribution in [0.4, 0.5) is 10.5 Å². The highest BCUT2D eigenvalue weighted by Gasteiger charge is 2.27. The topological polar surface area (TPSA) is 111 Å². The van der Waals surface area contributed by atoms with Crippen molar-refractivity contribution in [1.29, 1.82) is 0 Å². The number of amides is 2. The van der Waals surface area contributed by atoms with Gasteiger partial charge in [0.25, 0.3) is 0 Å². The first kappa shape index (κ1) is 32.7. The van der Waals surface area contributed by atoms with Crippen LogP contribution >= 0.6 is 0 Å². The number of likely N-dealkylation sites (N-methyl/N-ethyl adjacent to an activating group) is 1. The summed E-state index contributed by atoms with van der Waals surface area (Å²) >= 11 is 0. The van der Waals surface area contributed by atoms with Crippen molar-refractivity contribution in [3.8, 4) is 5.75 Å². The zero-order valence-corrected chi connectivity index (χ0v) is 26.0. The monoisotopic (exact) mass is 610 g/mol. The van der Waals surface area contributed by atoms with Gasteiger partial charge in [0.2, 0.25) is 5.91 Å². The maximum absolute atomic E-state index is 13.9. The second-order valence-corrected chi connectivity index (χ2v) is 11.2. The fraction of sp³-hybridized carbons (Fsp3) is 0.286. The van der Waals surface area contributed by atoms with Gasteiger partial charge in [-0.15, -0.1) is 0 Å². The highest BCUT2D eigenvalue weighted by atomic mass is 16.6. The van der Waals surface area contributed by atoms with Crippen LogP contribution < -0.4 is 9.64 Å². The molecule has 0 aliphatic carbocycles. The molecule has 4 rings (SSSR count). The van der Waals surface area contributed by atoms with Crippen molar-refractivity contribution < 1.29 is 28.6 Å². The predicted molar refractivity (Wildman–Crippen MR) is 169 cm³/mol. The molecule has 10 heteroatoms. The molecule has 0 atom stereocenters. The second kappa shape index (κ2) is 15.5. The van der Waals surface area contributed by atoms with E-state index in [4.69, 9.17) is 14.2 Å². The van der Waals surface area contributed by atoms with Crippen molar-refractivity contribution in [3.05, 3.63) is 120 Å². The minimum atomic E-state index is -0.719. The van der Waals surface area contributed by atoms with E-state index in [-0.39, 0.29) is 50.1 Å². The van der Waals surface area contributed by atoms with Crippen LogP contribution in [0.5, 0.6) is 5.75 Å². The fourth-order valence-electron chi connectivity index (χ4n) is 4.28. The number of ether oxygens (including phenoxy) is 3. The quantitative estimate of drug-likeness (QED) is 0.174. The first-order valence-electron chi connectivity index (χ1n) is 14.7. The molecule has 1 heterocycles. The molecule has 3 aromatic carbocycles. The van der Waals surface area contributed by atoms with E-state index in [1.807, 2.05) is 60.7 Å². The van der Waals surface area contributed by atoms with Gasteiger partial charge in [0.15, 0.2) is 0 Å². The molecule has 0 saturated heterocycles. The summed E-state index contributed by atoms with van der Waals surface area (Å²) in [5.41, 5.74) is 2.21. The molecule has 0 aliphatic rings. The molecular weight excluding hydrogens is 572 g/mol. The Morgan fingerprint density at radius 1 is 0.844 bits per heavy atom. The molecule has 234 valence electrons. The summed E-state index contributed by atoms with van der Waals surface area (Å²) in [5.74, 6) is -0.713. The number of carbonyl (C=O) groups excluding carboxylic acids is 3. The Morgan fingerprint density at radius 2 is 1.51 bits per heavy atom. The molecule has 45 heavy (non-hydrogen) atoms. The summed E-state index contributed by atoms with van der Waals surface area (Å²) < 4.78 is 17.3. The molecule has 0 fully saturated rings. The van der Waals surface area contributed by atoms with Crippen LogP contribution in [-0.4, -0.2) is 51.5 Å². The maximum atomic E-state index is 13.9. The zero-order valence-electron chi connectivity index (χ0n) is 26.0. The first-order chi connectivity index (χ1) is 21.6. The fourth-order valence-corrected chi connectivity index (χ4v) is 4.28. The van der Waals surface area contributed by atoms with Gasteiger partial charge in [0, 0.05) is 30.7 Å². The van der Waals surface area contributed by atoms with Gasteiger partial charge in [-0.1, -0.05) is 60.7 Å². The number of carbonyl (C=O) groups is 3. The van der Waals surface area contributed by atoms with E-state index in [0.29, 0.717) is 11.4 Å². The SMILES string of the molecule is CCN(CC(=O)N(Cc1cnccn1)c1ccc(C(=O)OCc2ccccc2)c(OCc2ccccc2)c1)C(=O)OC(C)(C)C. The third-order valence-corrected chi connectivity index (χ3v) is 6.54. The molecule has 0 N–H and O–H groups in total. The standard InChI is InChI=1S/C35H38N4O6/c1-5-38(34(42)45-35(2,3)4)23-32(40)39(22-28-21-36-18-19-37-28)29-16-17-30(33(41)44-25-27-14-10-7-11-15-27)31(20-29)43-24-26-12-8-6-9-13-26/h6-21H,5,22-25H2,1-4H3. The lowest BCUT2D eigenvalue weighted by Crippen LogP contribution is -2.44. The Balaban J connectivity index is 1.65. The number of anilines is 1. The lowest BCUT2D eigenvalue weighted by atomic mass is 10.1. The van der Waals surface area contributed by atoms with E-state index in [2.05, 4.69) is 9.97 Å². The van der Waals surface area contributed by atoms with Gasteiger partial charge in [-0.05, 0) is 51.0 Å². The van der Waals surface area contributed by atoms with Crippen molar-refractivity contribution in [1.82, 2.24) is 14.9 Å². The van der Waals surface area contributed by atoms with Gasteiger partial charge in [-0.3, -0.25) is 19.7 Å². The molecule has 1 aromatic heterocycles. The minimum Gasteiger partial charge on any atom is -0.488 e. The number of hydrogen-bond acceptors (Lipinski definition) is 8. The van der Waals surface area contributed by atoms with Crippen molar-refractivity contribution >= 4 is 23.7 Å². The summed E-state index contributed by atoms with van der Waals surface area (Å²) in [7, 11) is 0. The molecule has 0 spiro atoms. The van der Waals surface area contributed by atoms with Crippen molar-refractivity contribution in [2.24, 2.45) is 0 Å². The molecule has 0 unspecified atom stereocenters. The molecule has 4 aromatic rings. The van der Waals surface area contributed by atoms with Gasteiger partial charge >= 0.3 is 12.1 Å². The van der Waals surface area contributed by atoms with Gasteiger partial charge in [-0.25, -0.2) is 9.59 Å². The molecule has 0 aliphatic heterocycles. The summed E-state index contributed by atoms with van der Waals surface area (Å²) in [5, 5.41) is 0. The predicted octanol–water partition coefficient (Wildman–Crippen LogP) is 6.20. The normalized spacial score (nSPS) is 10.9. The number of rotatable bonds is 12. The Kier molecular flexibility index (Phi) is 11.2. The largest absolute Gasteiger partial charge is 0.488 e. The number of benzene rings is 3. The average molecular weight is 611 g/mol. The highest BCUT2D eigenvalue weighted by molar-refractivity contribution is 5.98. The Bertz CT molecular complexity index is 1560. The second-order valence-electron chi connectivity index (χ2n) is 11.2. The van der Waals surface area contributed by atoms with Crippen LogP contribution in [0.2, 0.25) is 0 Å². The highest BCUT2D eigenvalue weighted by Crippen LogP contribution is 2.29. The van der Waals surface area contributed by atoms with E-state index in [1.165, 1.54) is 16.0 Å². The van der Waals surface area contributed by atoms with E-state index in [0.717, 1.165) is 11.1 Å². The maximum Gasteiger partial charge on any atom is 0.410 e. The summed E-state index contributed by atoms with van der Waals surface area (Å²) in [6.07, 6.45) is 4.05. The van der Waals surface area contributed by atoms with Crippen LogP contribution in [0.3, 0.4) is 0 Å². The number of esters is 1. The molecule has 0 saturated carbocycles. The smallest absolute Gasteiger partial charge is 0.410 e. The van der Waals surface area contributed by atoms with E-state index >= 15 is 0 Å². The van der Waals surface area contributed by atoms with Crippen LogP contribution in [0, 0.1) is 0 Å². The first-order valence-corrected chi connectivity index (χ1v) is 14.7. The molecule has 2 amide bonds. The van der Waals surface area contributed by atoms with E-state index < -0.39 is 17.7 Å². The van der Waals surface area contributed by atoms with Crippen molar-refractivity contribution in [2.75, 3.05) is 18.0 Å². The molecule has 10 nitrogen and oxygen atoms in total. The Hall–Kier alpha value is -5.25. The molecule has 0 bridgehead atoms. The molecule has 0 radical (unpaired) electrons. The Morgan fingerprint density at radius 3 is 2.11 bits per heavy atom. The molecular formula is C35H38N4O6. The summed E-state index contributed by atoms with van der Waals surface area (Å²) in [6, 6.07) is 23.8. The van der Waals surface area contributed by atoms with Gasteiger partial charge in [-0.2, -0.15) is 0 Å². The van der Waals surface area contributed by atoms with Crippen LogP contribution in [0.1, 0.15) is 54.9 Å². The lowest BCUT2D eigenvalue weighted by molar-refractivity contribution is -0.119. The van der Waals surface area contributed by atoms with E-state index in [1.54, 1.807) is 58.3 Å². The zero-order chi connectivity index (χ0) is 32.2. The van der Waals surface area contributed by atoms with Gasteiger partial charge < -0.3 is 19.1 Å².